The van der Waals surface area contributed by atoms with Crippen LogP contribution in [0.4, 0.5) is 10.1 Å². The van der Waals surface area contributed by atoms with Gasteiger partial charge in [-0.2, -0.15) is 5.26 Å². The van der Waals surface area contributed by atoms with Gasteiger partial charge in [-0.1, -0.05) is 13.8 Å². The maximum atomic E-state index is 13.7. The van der Waals surface area contributed by atoms with Gasteiger partial charge < -0.3 is 10.1 Å². The number of hydrogen-bond donors (Lipinski definition) is 1. The lowest BCUT2D eigenvalue weighted by molar-refractivity contribution is -0.123. The van der Waals surface area contributed by atoms with Crippen LogP contribution in [0.5, 0.6) is 5.75 Å². The number of ether oxygens (including phenoxy) is 1. The molecule has 0 unspecified atom stereocenters. The highest BCUT2D eigenvalue weighted by atomic mass is 19.1. The molecule has 0 fully saturated rings. The minimum Gasteiger partial charge on any atom is -0.491 e. The smallest absolute Gasteiger partial charge is 0.244 e. The molecule has 0 aliphatic heterocycles. The van der Waals surface area contributed by atoms with Crippen LogP contribution in [0.2, 0.25) is 0 Å². The van der Waals surface area contributed by atoms with E-state index in [1.54, 1.807) is 26.8 Å². The Morgan fingerprint density at radius 1 is 1.40 bits per heavy atom. The fourth-order valence-electron chi connectivity index (χ4n) is 1.88. The molecule has 0 saturated heterocycles. The fraction of sp³-hybridized carbons (Fsp3) is 0.467. The molecule has 108 valence electrons. The van der Waals surface area contributed by atoms with Crippen LogP contribution in [0.3, 0.4) is 0 Å². The number of benzene rings is 1. The molecular weight excluding hydrogens is 259 g/mol. The number of halogens is 1. The van der Waals surface area contributed by atoms with Crippen molar-refractivity contribution >= 4 is 11.6 Å². The predicted octanol–water partition coefficient (Wildman–Crippen LogP) is 3.49. The molecule has 4 nitrogen and oxygen atoms in total. The Morgan fingerprint density at radius 3 is 2.50 bits per heavy atom. The number of nitrogens with one attached hydrogen (secondary N) is 1. The van der Waals surface area contributed by atoms with Crippen LogP contribution >= 0.6 is 0 Å². The molecule has 5 heteroatoms. The van der Waals surface area contributed by atoms with E-state index in [0.29, 0.717) is 25.1 Å². The zero-order valence-corrected chi connectivity index (χ0v) is 12.0. The molecule has 1 amide bonds. The molecule has 20 heavy (non-hydrogen) atoms. The molecule has 0 atom stereocenters. The van der Waals surface area contributed by atoms with Gasteiger partial charge in [0.1, 0.15) is 5.41 Å². The number of anilines is 1. The molecule has 1 N–H and O–H groups in total. The number of nitriles is 1. The third-order valence-electron chi connectivity index (χ3n) is 3.35. The average molecular weight is 278 g/mol. The van der Waals surface area contributed by atoms with Gasteiger partial charge in [0.25, 0.3) is 0 Å². The standard InChI is InChI=1S/C15H19FN2O2/c1-4-15(5-2,10-17)14(19)18-11-7-8-13(20-6-3)12(16)9-11/h7-9H,4-6H2,1-3H3,(H,18,19). The second kappa shape index (κ2) is 6.90. The van der Waals surface area contributed by atoms with Crippen LogP contribution in [0.25, 0.3) is 0 Å². The zero-order chi connectivity index (χ0) is 15.2. The first-order chi connectivity index (χ1) is 9.52. The molecule has 0 saturated carbocycles. The third kappa shape index (κ3) is 3.27. The van der Waals surface area contributed by atoms with Crippen molar-refractivity contribution in [3.63, 3.8) is 0 Å². The Kier molecular flexibility index (Phi) is 5.51. The molecule has 0 radical (unpaired) electrons. The van der Waals surface area contributed by atoms with Gasteiger partial charge in [0.15, 0.2) is 11.6 Å². The van der Waals surface area contributed by atoms with Crippen LogP contribution in [0.15, 0.2) is 18.2 Å². The number of nitrogens with zero attached hydrogens (tertiary/aromatic N) is 1. The zero-order valence-electron chi connectivity index (χ0n) is 12.0. The second-order valence-corrected chi connectivity index (χ2v) is 4.43. The van der Waals surface area contributed by atoms with Crippen LogP contribution in [0.1, 0.15) is 33.6 Å². The lowest BCUT2D eigenvalue weighted by Gasteiger charge is -2.22. The number of rotatable bonds is 6. The summed E-state index contributed by atoms with van der Waals surface area (Å²) >= 11 is 0. The minimum absolute atomic E-state index is 0.142. The highest BCUT2D eigenvalue weighted by molar-refractivity contribution is 5.97. The topological polar surface area (TPSA) is 62.1 Å². The van der Waals surface area contributed by atoms with E-state index in [-0.39, 0.29) is 5.75 Å². The lowest BCUT2D eigenvalue weighted by Crippen LogP contribution is -2.33. The molecule has 1 rings (SSSR count). The molecule has 0 aliphatic rings. The first kappa shape index (κ1) is 16.0. The highest BCUT2D eigenvalue weighted by Gasteiger charge is 2.35. The van der Waals surface area contributed by atoms with Gasteiger partial charge in [-0.25, -0.2) is 4.39 Å². The van der Waals surface area contributed by atoms with Crippen LogP contribution in [-0.2, 0) is 4.79 Å². The lowest BCUT2D eigenvalue weighted by atomic mass is 9.83. The molecule has 0 aromatic heterocycles. The predicted molar refractivity (Wildman–Crippen MR) is 74.8 cm³/mol. The van der Waals surface area contributed by atoms with Crippen LogP contribution in [0, 0.1) is 22.6 Å². The largest absolute Gasteiger partial charge is 0.491 e. The Hall–Kier alpha value is -2.09. The Balaban J connectivity index is 2.91. The van der Waals surface area contributed by atoms with Gasteiger partial charge >= 0.3 is 0 Å². The van der Waals surface area contributed by atoms with Crippen molar-refractivity contribution < 1.29 is 13.9 Å². The normalized spacial score (nSPS) is 10.8. The van der Waals surface area contributed by atoms with E-state index in [1.165, 1.54) is 12.1 Å². The molecule has 0 bridgehead atoms. The quantitative estimate of drug-likeness (QED) is 0.866. The molecule has 1 aromatic carbocycles. The number of hydrogen-bond acceptors (Lipinski definition) is 3. The van der Waals surface area contributed by atoms with Gasteiger partial charge in [0.05, 0.1) is 12.7 Å². The highest BCUT2D eigenvalue weighted by Crippen LogP contribution is 2.28. The maximum absolute atomic E-state index is 13.7. The second-order valence-electron chi connectivity index (χ2n) is 4.43. The molecule has 1 aromatic rings. The van der Waals surface area contributed by atoms with Crippen molar-refractivity contribution in [2.75, 3.05) is 11.9 Å². The SMILES string of the molecule is CCOc1ccc(NC(=O)C(C#N)(CC)CC)cc1F. The summed E-state index contributed by atoms with van der Waals surface area (Å²) in [4.78, 5) is 12.2. The molecule has 0 aliphatic carbocycles. The van der Waals surface area contributed by atoms with Crippen molar-refractivity contribution in [2.45, 2.75) is 33.6 Å². The monoisotopic (exact) mass is 278 g/mol. The first-order valence-electron chi connectivity index (χ1n) is 6.68. The molecule has 0 spiro atoms. The summed E-state index contributed by atoms with van der Waals surface area (Å²) in [5, 5.41) is 11.8. The van der Waals surface area contributed by atoms with Gasteiger partial charge in [-0.15, -0.1) is 0 Å². The van der Waals surface area contributed by atoms with E-state index in [0.717, 1.165) is 0 Å². The average Bonchev–Trinajstić information content (AvgIpc) is 2.44. The number of carbonyl (C=O) groups is 1. The number of carbonyl (C=O) groups excluding carboxylic acids is 1. The van der Waals surface area contributed by atoms with E-state index < -0.39 is 17.1 Å². The Labute approximate surface area is 118 Å². The van der Waals surface area contributed by atoms with Gasteiger partial charge in [-0.3, -0.25) is 4.79 Å². The van der Waals surface area contributed by atoms with E-state index >= 15 is 0 Å². The van der Waals surface area contributed by atoms with Crippen LogP contribution in [-0.4, -0.2) is 12.5 Å². The summed E-state index contributed by atoms with van der Waals surface area (Å²) in [6.07, 6.45) is 0.816. The van der Waals surface area contributed by atoms with Crippen molar-refractivity contribution in [3.05, 3.63) is 24.0 Å². The Morgan fingerprint density at radius 2 is 2.05 bits per heavy atom. The van der Waals surface area contributed by atoms with E-state index in [1.807, 2.05) is 0 Å². The van der Waals surface area contributed by atoms with E-state index in [4.69, 9.17) is 4.74 Å². The first-order valence-corrected chi connectivity index (χ1v) is 6.68. The fourth-order valence-corrected chi connectivity index (χ4v) is 1.88. The van der Waals surface area contributed by atoms with Gasteiger partial charge in [0, 0.05) is 11.8 Å². The van der Waals surface area contributed by atoms with Crippen molar-refractivity contribution in [1.29, 1.82) is 5.26 Å². The summed E-state index contributed by atoms with van der Waals surface area (Å²) < 4.78 is 18.8. The summed E-state index contributed by atoms with van der Waals surface area (Å²) in [6, 6.07) is 6.26. The van der Waals surface area contributed by atoms with Crippen molar-refractivity contribution in [2.24, 2.45) is 5.41 Å². The molecule has 0 heterocycles. The summed E-state index contributed by atoms with van der Waals surface area (Å²) in [5.41, 5.74) is -0.757. The maximum Gasteiger partial charge on any atom is 0.244 e. The van der Waals surface area contributed by atoms with E-state index in [9.17, 15) is 14.4 Å². The van der Waals surface area contributed by atoms with Crippen molar-refractivity contribution in [1.82, 2.24) is 0 Å². The summed E-state index contributed by atoms with van der Waals surface area (Å²) in [7, 11) is 0. The third-order valence-corrected chi connectivity index (χ3v) is 3.35. The van der Waals surface area contributed by atoms with Gasteiger partial charge in [-0.05, 0) is 31.9 Å². The number of amides is 1. The van der Waals surface area contributed by atoms with Crippen molar-refractivity contribution in [3.8, 4) is 11.8 Å². The van der Waals surface area contributed by atoms with Crippen LogP contribution < -0.4 is 10.1 Å². The summed E-state index contributed by atoms with van der Waals surface area (Å²) in [5.74, 6) is -0.809. The minimum atomic E-state index is -1.07. The van der Waals surface area contributed by atoms with E-state index in [2.05, 4.69) is 11.4 Å². The Bertz CT molecular complexity index is 519. The molecular formula is C15H19FN2O2. The summed E-state index contributed by atoms with van der Waals surface area (Å²) in [6.45, 7) is 5.70. The van der Waals surface area contributed by atoms with Gasteiger partial charge in [0.2, 0.25) is 5.91 Å².